The van der Waals surface area contributed by atoms with Crippen LogP contribution in [0.15, 0.2) is 42.5 Å². The second kappa shape index (κ2) is 8.91. The predicted molar refractivity (Wildman–Crippen MR) is 92.9 cm³/mol. The Kier molecular flexibility index (Phi) is 6.61. The number of aryl methyl sites for hydroxylation is 2. The Hall–Kier alpha value is -2.56. The molecule has 0 fully saturated rings. The van der Waals surface area contributed by atoms with Crippen molar-refractivity contribution < 1.29 is 13.9 Å². The van der Waals surface area contributed by atoms with Crippen LogP contribution in [0.4, 0.5) is 9.18 Å². The molecular weight excluding hydrogens is 307 g/mol. The Bertz CT molecular complexity index is 672. The number of hydrogen-bond acceptors (Lipinski definition) is 2. The smallest absolute Gasteiger partial charge is 0.314 e. The minimum Gasteiger partial charge on any atom is -0.491 e. The Morgan fingerprint density at radius 2 is 1.75 bits per heavy atom. The molecular formula is C19H23FN2O2. The van der Waals surface area contributed by atoms with E-state index in [0.717, 1.165) is 22.4 Å². The molecule has 2 amide bonds. The summed E-state index contributed by atoms with van der Waals surface area (Å²) in [6.45, 7) is 5.34. The summed E-state index contributed by atoms with van der Waals surface area (Å²) in [6.07, 6.45) is 0.659. The number of amides is 2. The largest absolute Gasteiger partial charge is 0.491 e. The fourth-order valence-corrected chi connectivity index (χ4v) is 2.22. The quantitative estimate of drug-likeness (QED) is 0.765. The minimum absolute atomic E-state index is 0.235. The van der Waals surface area contributed by atoms with Crippen molar-refractivity contribution in [1.82, 2.24) is 10.6 Å². The van der Waals surface area contributed by atoms with Crippen molar-refractivity contribution in [1.29, 1.82) is 0 Å². The van der Waals surface area contributed by atoms with Gasteiger partial charge in [0.1, 0.15) is 18.2 Å². The van der Waals surface area contributed by atoms with Gasteiger partial charge in [-0.15, -0.1) is 0 Å². The lowest BCUT2D eigenvalue weighted by atomic mass is 10.1. The maximum Gasteiger partial charge on any atom is 0.314 e. The molecule has 0 heterocycles. The normalized spacial score (nSPS) is 10.3. The third kappa shape index (κ3) is 5.91. The van der Waals surface area contributed by atoms with Crippen LogP contribution in [0.2, 0.25) is 0 Å². The van der Waals surface area contributed by atoms with Crippen molar-refractivity contribution in [2.75, 3.05) is 19.7 Å². The van der Waals surface area contributed by atoms with E-state index in [9.17, 15) is 9.18 Å². The van der Waals surface area contributed by atoms with Crippen LogP contribution in [0.1, 0.15) is 16.7 Å². The number of carbonyl (C=O) groups is 1. The molecule has 0 atom stereocenters. The summed E-state index contributed by atoms with van der Waals surface area (Å²) in [5.41, 5.74) is 3.20. The topological polar surface area (TPSA) is 50.4 Å². The summed E-state index contributed by atoms with van der Waals surface area (Å²) in [7, 11) is 0. The van der Waals surface area contributed by atoms with Gasteiger partial charge in [-0.2, -0.15) is 0 Å². The van der Waals surface area contributed by atoms with Gasteiger partial charge >= 0.3 is 6.03 Å². The third-order valence-corrected chi connectivity index (χ3v) is 3.60. The molecule has 2 rings (SSSR count). The fraction of sp³-hybridized carbons (Fsp3) is 0.316. The van der Waals surface area contributed by atoms with E-state index in [1.165, 1.54) is 12.1 Å². The molecule has 0 aliphatic heterocycles. The van der Waals surface area contributed by atoms with E-state index in [4.69, 9.17) is 4.74 Å². The monoisotopic (exact) mass is 330 g/mol. The van der Waals surface area contributed by atoms with Gasteiger partial charge in [-0.05, 0) is 55.2 Å². The summed E-state index contributed by atoms with van der Waals surface area (Å²) in [5, 5.41) is 5.51. The average Bonchev–Trinajstić information content (AvgIpc) is 2.56. The minimum atomic E-state index is -0.256. The Labute approximate surface area is 142 Å². The molecule has 128 valence electrons. The molecule has 2 N–H and O–H groups in total. The van der Waals surface area contributed by atoms with Gasteiger partial charge in [-0.25, -0.2) is 9.18 Å². The Balaban J connectivity index is 1.61. The second-order valence-corrected chi connectivity index (χ2v) is 5.68. The number of rotatable bonds is 7. The highest BCUT2D eigenvalue weighted by atomic mass is 19.1. The summed E-state index contributed by atoms with van der Waals surface area (Å²) in [5.74, 6) is 0.585. The fourth-order valence-electron chi connectivity index (χ4n) is 2.22. The first-order chi connectivity index (χ1) is 11.5. The molecule has 0 saturated carbocycles. The number of benzene rings is 2. The molecule has 0 aromatic heterocycles. The first kappa shape index (κ1) is 17.8. The van der Waals surface area contributed by atoms with Gasteiger partial charge in [0, 0.05) is 6.54 Å². The molecule has 5 heteroatoms. The molecule has 24 heavy (non-hydrogen) atoms. The zero-order valence-corrected chi connectivity index (χ0v) is 14.1. The van der Waals surface area contributed by atoms with E-state index in [0.29, 0.717) is 26.1 Å². The maximum atomic E-state index is 12.8. The molecule has 2 aromatic rings. The van der Waals surface area contributed by atoms with Crippen LogP contribution >= 0.6 is 0 Å². The van der Waals surface area contributed by atoms with E-state index >= 15 is 0 Å². The summed E-state index contributed by atoms with van der Waals surface area (Å²) in [6, 6.07) is 12.1. The van der Waals surface area contributed by atoms with E-state index in [1.54, 1.807) is 12.1 Å². The van der Waals surface area contributed by atoms with Crippen LogP contribution in [-0.4, -0.2) is 25.7 Å². The van der Waals surface area contributed by atoms with Gasteiger partial charge in [-0.3, -0.25) is 0 Å². The van der Waals surface area contributed by atoms with E-state index < -0.39 is 0 Å². The number of halogens is 1. The molecule has 0 aliphatic carbocycles. The average molecular weight is 330 g/mol. The van der Waals surface area contributed by atoms with Crippen LogP contribution in [0, 0.1) is 19.7 Å². The highest BCUT2D eigenvalue weighted by molar-refractivity contribution is 5.73. The number of carbonyl (C=O) groups excluding carboxylic acids is 1. The zero-order chi connectivity index (χ0) is 17.4. The van der Waals surface area contributed by atoms with Crippen molar-refractivity contribution in [3.8, 4) is 5.75 Å². The van der Waals surface area contributed by atoms with Gasteiger partial charge < -0.3 is 15.4 Å². The van der Waals surface area contributed by atoms with Crippen LogP contribution in [0.5, 0.6) is 5.75 Å². The van der Waals surface area contributed by atoms with Gasteiger partial charge in [0.05, 0.1) is 6.54 Å². The first-order valence-electron chi connectivity index (χ1n) is 8.01. The molecule has 0 bridgehead atoms. The van der Waals surface area contributed by atoms with Crippen molar-refractivity contribution in [2.24, 2.45) is 0 Å². The van der Waals surface area contributed by atoms with Crippen molar-refractivity contribution in [3.63, 3.8) is 0 Å². The van der Waals surface area contributed by atoms with Crippen molar-refractivity contribution in [2.45, 2.75) is 20.3 Å². The first-order valence-corrected chi connectivity index (χ1v) is 8.01. The molecule has 2 aromatic carbocycles. The van der Waals surface area contributed by atoms with Crippen molar-refractivity contribution in [3.05, 3.63) is 65.0 Å². The van der Waals surface area contributed by atoms with Gasteiger partial charge in [0.25, 0.3) is 0 Å². The molecule has 0 unspecified atom stereocenters. The lowest BCUT2D eigenvalue weighted by Crippen LogP contribution is -2.38. The SMILES string of the molecule is Cc1ccc(C)c(OCCNC(=O)NCCc2ccc(F)cc2)c1. The lowest BCUT2D eigenvalue weighted by molar-refractivity contribution is 0.236. The molecule has 0 saturated heterocycles. The second-order valence-electron chi connectivity index (χ2n) is 5.68. The summed E-state index contributed by atoms with van der Waals surface area (Å²) >= 11 is 0. The van der Waals surface area contributed by atoms with Gasteiger partial charge in [0.2, 0.25) is 0 Å². The third-order valence-electron chi connectivity index (χ3n) is 3.60. The zero-order valence-electron chi connectivity index (χ0n) is 14.1. The predicted octanol–water partition coefficient (Wildman–Crippen LogP) is 3.36. The Morgan fingerprint density at radius 3 is 2.50 bits per heavy atom. The Morgan fingerprint density at radius 1 is 1.04 bits per heavy atom. The molecule has 0 radical (unpaired) electrons. The number of urea groups is 1. The number of hydrogen-bond donors (Lipinski definition) is 2. The van der Waals surface area contributed by atoms with E-state index in [1.807, 2.05) is 32.0 Å². The molecule has 0 spiro atoms. The van der Waals surface area contributed by atoms with E-state index in [2.05, 4.69) is 10.6 Å². The van der Waals surface area contributed by atoms with Crippen LogP contribution in [0.25, 0.3) is 0 Å². The lowest BCUT2D eigenvalue weighted by Gasteiger charge is -2.11. The van der Waals surface area contributed by atoms with Crippen LogP contribution < -0.4 is 15.4 Å². The van der Waals surface area contributed by atoms with Gasteiger partial charge in [-0.1, -0.05) is 24.3 Å². The van der Waals surface area contributed by atoms with Crippen molar-refractivity contribution >= 4 is 6.03 Å². The van der Waals surface area contributed by atoms with Crippen LogP contribution in [0.3, 0.4) is 0 Å². The maximum absolute atomic E-state index is 12.8. The van der Waals surface area contributed by atoms with Crippen LogP contribution in [-0.2, 0) is 6.42 Å². The standard InChI is InChI=1S/C19H23FN2O2/c1-14-3-4-15(2)18(13-14)24-12-11-22-19(23)21-10-9-16-5-7-17(20)8-6-16/h3-8,13H,9-12H2,1-2H3,(H2,21,22,23). The highest BCUT2D eigenvalue weighted by Gasteiger charge is 2.02. The summed E-state index contributed by atoms with van der Waals surface area (Å²) < 4.78 is 18.5. The van der Waals surface area contributed by atoms with E-state index in [-0.39, 0.29) is 11.8 Å². The molecule has 4 nitrogen and oxygen atoms in total. The highest BCUT2D eigenvalue weighted by Crippen LogP contribution is 2.18. The van der Waals surface area contributed by atoms with Gasteiger partial charge in [0.15, 0.2) is 0 Å². The summed E-state index contributed by atoms with van der Waals surface area (Å²) in [4.78, 5) is 11.7. The molecule has 0 aliphatic rings. The number of ether oxygens (including phenoxy) is 1. The number of nitrogens with one attached hydrogen (secondary N) is 2.